The van der Waals surface area contributed by atoms with Crippen molar-refractivity contribution in [2.75, 3.05) is 33.7 Å². The normalized spacial score (nSPS) is 21.7. The fourth-order valence-corrected chi connectivity index (χ4v) is 4.21. The summed E-state index contributed by atoms with van der Waals surface area (Å²) in [6.45, 7) is 8.97. The molecule has 0 radical (unpaired) electrons. The van der Waals surface area contributed by atoms with Crippen LogP contribution < -0.4 is 0 Å². The van der Waals surface area contributed by atoms with Crippen molar-refractivity contribution in [1.29, 1.82) is 0 Å². The van der Waals surface area contributed by atoms with Crippen molar-refractivity contribution in [2.24, 2.45) is 0 Å². The Morgan fingerprint density at radius 3 is 2.55 bits per heavy atom. The lowest BCUT2D eigenvalue weighted by Gasteiger charge is -2.46. The van der Waals surface area contributed by atoms with Crippen molar-refractivity contribution in [3.63, 3.8) is 0 Å². The number of piperazine rings is 1. The predicted octanol–water partition coefficient (Wildman–Crippen LogP) is 3.60. The molecule has 1 fully saturated rings. The van der Waals surface area contributed by atoms with Gasteiger partial charge in [0.1, 0.15) is 5.75 Å². The van der Waals surface area contributed by atoms with Gasteiger partial charge in [-0.2, -0.15) is 0 Å². The molecular formula is C24H33N3O2. The molecule has 1 heterocycles. The first-order valence-corrected chi connectivity index (χ1v) is 10.4. The quantitative estimate of drug-likeness (QED) is 0.840. The zero-order valence-corrected chi connectivity index (χ0v) is 18.2. The van der Waals surface area contributed by atoms with E-state index in [1.54, 1.807) is 11.0 Å². The Labute approximate surface area is 174 Å². The van der Waals surface area contributed by atoms with E-state index in [9.17, 15) is 9.90 Å². The van der Waals surface area contributed by atoms with Gasteiger partial charge in [-0.15, -0.1) is 0 Å². The van der Waals surface area contributed by atoms with Crippen LogP contribution in [0.3, 0.4) is 0 Å². The van der Waals surface area contributed by atoms with Crippen LogP contribution in [0, 0.1) is 0 Å². The Kier molecular flexibility index (Phi) is 6.60. The number of hydrogen-bond acceptors (Lipinski definition) is 4. The SMILES string of the molecule is CCN(C)C(=O)c1ccccc1[C@H](c1cccc(O)c1)N1C[C@@H](C)N(C)C[C@H]1C. The van der Waals surface area contributed by atoms with Crippen LogP contribution in [0.2, 0.25) is 0 Å². The maximum atomic E-state index is 13.1. The highest BCUT2D eigenvalue weighted by Gasteiger charge is 2.35. The molecule has 1 aliphatic heterocycles. The van der Waals surface area contributed by atoms with Gasteiger partial charge in [0.05, 0.1) is 6.04 Å². The molecule has 29 heavy (non-hydrogen) atoms. The second kappa shape index (κ2) is 8.97. The Hall–Kier alpha value is -2.37. The van der Waals surface area contributed by atoms with Crippen molar-refractivity contribution < 1.29 is 9.90 Å². The summed E-state index contributed by atoms with van der Waals surface area (Å²) in [6.07, 6.45) is 0. The summed E-state index contributed by atoms with van der Waals surface area (Å²) in [4.78, 5) is 19.7. The number of hydrogen-bond donors (Lipinski definition) is 1. The lowest BCUT2D eigenvalue weighted by molar-refractivity contribution is 0.0384. The zero-order valence-electron chi connectivity index (χ0n) is 18.2. The number of rotatable bonds is 5. The topological polar surface area (TPSA) is 47.0 Å². The molecule has 5 heteroatoms. The number of amides is 1. The van der Waals surface area contributed by atoms with E-state index in [1.807, 2.05) is 50.4 Å². The fourth-order valence-electron chi connectivity index (χ4n) is 4.21. The first-order valence-electron chi connectivity index (χ1n) is 10.4. The van der Waals surface area contributed by atoms with E-state index in [-0.39, 0.29) is 17.7 Å². The van der Waals surface area contributed by atoms with E-state index >= 15 is 0 Å². The Bertz CT molecular complexity index is 854. The highest BCUT2D eigenvalue weighted by Crippen LogP contribution is 2.36. The highest BCUT2D eigenvalue weighted by atomic mass is 16.3. The fraction of sp³-hybridized carbons (Fsp3) is 0.458. The average Bonchev–Trinajstić information content (AvgIpc) is 2.71. The maximum Gasteiger partial charge on any atom is 0.253 e. The minimum absolute atomic E-state index is 0.0306. The van der Waals surface area contributed by atoms with Crippen LogP contribution >= 0.6 is 0 Å². The second-order valence-corrected chi connectivity index (χ2v) is 8.24. The molecule has 0 aromatic heterocycles. The van der Waals surface area contributed by atoms with E-state index in [2.05, 4.69) is 36.8 Å². The lowest BCUT2D eigenvalue weighted by atomic mass is 9.90. The summed E-state index contributed by atoms with van der Waals surface area (Å²) in [7, 11) is 4.00. The lowest BCUT2D eigenvalue weighted by Crippen LogP contribution is -2.56. The molecule has 2 aromatic rings. The number of phenols is 1. The molecular weight excluding hydrogens is 362 g/mol. The summed E-state index contributed by atoms with van der Waals surface area (Å²) in [5.41, 5.74) is 2.73. The van der Waals surface area contributed by atoms with Gasteiger partial charge in [0.15, 0.2) is 0 Å². The third-order valence-electron chi connectivity index (χ3n) is 6.17. The van der Waals surface area contributed by atoms with E-state index in [0.29, 0.717) is 18.6 Å². The van der Waals surface area contributed by atoms with Crippen molar-refractivity contribution in [3.05, 3.63) is 65.2 Å². The standard InChI is InChI=1S/C24H33N3O2/c1-6-25(4)24(29)22-13-8-7-12-21(22)23(19-10-9-11-20(28)14-19)27-16-17(2)26(5)15-18(27)3/h7-14,17-18,23,28H,6,15-16H2,1-5H3/t17-,18-,23+/m1/s1. The third kappa shape index (κ3) is 4.46. The number of likely N-dealkylation sites (N-methyl/N-ethyl adjacent to an activating group) is 1. The summed E-state index contributed by atoms with van der Waals surface area (Å²) in [6, 6.07) is 16.0. The number of carbonyl (C=O) groups is 1. The minimum Gasteiger partial charge on any atom is -0.508 e. The molecule has 3 rings (SSSR count). The molecule has 3 atom stereocenters. The van der Waals surface area contributed by atoms with Gasteiger partial charge in [-0.3, -0.25) is 9.69 Å². The van der Waals surface area contributed by atoms with Crippen LogP contribution in [0.1, 0.15) is 48.3 Å². The van der Waals surface area contributed by atoms with Crippen molar-refractivity contribution in [1.82, 2.24) is 14.7 Å². The molecule has 1 saturated heterocycles. The van der Waals surface area contributed by atoms with Crippen LogP contribution in [0.4, 0.5) is 0 Å². The number of carbonyl (C=O) groups excluding carboxylic acids is 1. The Balaban J connectivity index is 2.14. The smallest absolute Gasteiger partial charge is 0.253 e. The number of benzene rings is 2. The molecule has 1 aliphatic rings. The van der Waals surface area contributed by atoms with Crippen LogP contribution in [0.25, 0.3) is 0 Å². The van der Waals surface area contributed by atoms with Crippen molar-refractivity contribution in [2.45, 2.75) is 38.9 Å². The molecule has 0 bridgehead atoms. The summed E-state index contributed by atoms with van der Waals surface area (Å²) in [5, 5.41) is 10.2. The number of phenolic OH excluding ortho intramolecular Hbond substituents is 1. The largest absolute Gasteiger partial charge is 0.508 e. The van der Waals surface area contributed by atoms with E-state index < -0.39 is 0 Å². The molecule has 0 spiro atoms. The average molecular weight is 396 g/mol. The van der Waals surface area contributed by atoms with Crippen LogP contribution in [0.15, 0.2) is 48.5 Å². The van der Waals surface area contributed by atoms with Gasteiger partial charge in [-0.25, -0.2) is 0 Å². The van der Waals surface area contributed by atoms with Gasteiger partial charge in [-0.1, -0.05) is 30.3 Å². The van der Waals surface area contributed by atoms with Gasteiger partial charge in [0.25, 0.3) is 5.91 Å². The number of nitrogens with zero attached hydrogens (tertiary/aromatic N) is 3. The molecule has 0 aliphatic carbocycles. The number of aromatic hydroxyl groups is 1. The Morgan fingerprint density at radius 2 is 1.86 bits per heavy atom. The third-order valence-corrected chi connectivity index (χ3v) is 6.17. The molecule has 0 saturated carbocycles. The first kappa shape index (κ1) is 21.3. The van der Waals surface area contributed by atoms with E-state index in [1.165, 1.54) is 0 Å². The van der Waals surface area contributed by atoms with Gasteiger partial charge < -0.3 is 14.9 Å². The van der Waals surface area contributed by atoms with Gasteiger partial charge >= 0.3 is 0 Å². The molecule has 0 unspecified atom stereocenters. The summed E-state index contributed by atoms with van der Waals surface area (Å²) >= 11 is 0. The van der Waals surface area contributed by atoms with E-state index in [0.717, 1.165) is 29.8 Å². The van der Waals surface area contributed by atoms with Crippen LogP contribution in [0.5, 0.6) is 5.75 Å². The maximum absolute atomic E-state index is 13.1. The zero-order chi connectivity index (χ0) is 21.1. The van der Waals surface area contributed by atoms with Crippen molar-refractivity contribution in [3.8, 4) is 5.75 Å². The summed E-state index contributed by atoms with van der Waals surface area (Å²) in [5.74, 6) is 0.278. The van der Waals surface area contributed by atoms with Crippen LogP contribution in [-0.4, -0.2) is 71.5 Å². The molecule has 1 N–H and O–H groups in total. The molecule has 5 nitrogen and oxygen atoms in total. The highest BCUT2D eigenvalue weighted by molar-refractivity contribution is 5.95. The summed E-state index contributed by atoms with van der Waals surface area (Å²) < 4.78 is 0. The molecule has 2 aromatic carbocycles. The molecule has 156 valence electrons. The van der Waals surface area contributed by atoms with Crippen LogP contribution in [-0.2, 0) is 0 Å². The van der Waals surface area contributed by atoms with Gasteiger partial charge in [0, 0.05) is 44.3 Å². The van der Waals surface area contributed by atoms with Crippen molar-refractivity contribution >= 4 is 5.91 Å². The predicted molar refractivity (Wildman–Crippen MR) is 117 cm³/mol. The van der Waals surface area contributed by atoms with Gasteiger partial charge in [-0.05, 0) is 57.1 Å². The second-order valence-electron chi connectivity index (χ2n) is 8.24. The molecule has 1 amide bonds. The first-order chi connectivity index (χ1) is 13.8. The minimum atomic E-state index is -0.0985. The van der Waals surface area contributed by atoms with Gasteiger partial charge in [0.2, 0.25) is 0 Å². The van der Waals surface area contributed by atoms with E-state index in [4.69, 9.17) is 0 Å². The monoisotopic (exact) mass is 395 g/mol. The Morgan fingerprint density at radius 1 is 1.14 bits per heavy atom.